The number of piperazine rings is 1. The van der Waals surface area contributed by atoms with Crippen molar-refractivity contribution in [1.29, 1.82) is 0 Å². The van der Waals surface area contributed by atoms with Crippen LogP contribution in [0.2, 0.25) is 0 Å². The molecule has 1 aliphatic heterocycles. The zero-order valence-electron chi connectivity index (χ0n) is 13.4. The topological polar surface area (TPSA) is 62.2 Å². The van der Waals surface area contributed by atoms with Crippen LogP contribution in [-0.4, -0.2) is 52.2 Å². The van der Waals surface area contributed by atoms with Gasteiger partial charge in [0, 0.05) is 50.6 Å². The first-order valence-electron chi connectivity index (χ1n) is 8.05. The fourth-order valence-electron chi connectivity index (χ4n) is 2.73. The Bertz CT molecular complexity index is 636. The standard InChI is InChI=1S/C17H21N5O/c1-2-3-17(23)22-12-10-21(11-13-22)16-5-4-15(19-20-16)14-6-8-18-9-7-14/h4-9H,2-3,10-13H2,1H3. The molecule has 6 nitrogen and oxygen atoms in total. The molecule has 6 heteroatoms. The number of amides is 1. The van der Waals surface area contributed by atoms with Crippen LogP contribution in [0.25, 0.3) is 11.3 Å². The van der Waals surface area contributed by atoms with E-state index in [0.717, 1.165) is 49.7 Å². The van der Waals surface area contributed by atoms with Gasteiger partial charge in [0.15, 0.2) is 5.82 Å². The van der Waals surface area contributed by atoms with Gasteiger partial charge in [0.05, 0.1) is 5.69 Å². The van der Waals surface area contributed by atoms with Gasteiger partial charge < -0.3 is 9.80 Å². The molecule has 0 saturated carbocycles. The Morgan fingerprint density at radius 2 is 1.78 bits per heavy atom. The molecular formula is C17H21N5O. The zero-order chi connectivity index (χ0) is 16.1. The number of anilines is 1. The maximum absolute atomic E-state index is 11.9. The van der Waals surface area contributed by atoms with Crippen molar-refractivity contribution in [2.75, 3.05) is 31.1 Å². The second-order valence-electron chi connectivity index (χ2n) is 5.63. The minimum absolute atomic E-state index is 0.256. The summed E-state index contributed by atoms with van der Waals surface area (Å²) in [6.45, 7) is 5.16. The highest BCUT2D eigenvalue weighted by Crippen LogP contribution is 2.18. The summed E-state index contributed by atoms with van der Waals surface area (Å²) in [6, 6.07) is 7.81. The van der Waals surface area contributed by atoms with Gasteiger partial charge in [-0.3, -0.25) is 9.78 Å². The minimum Gasteiger partial charge on any atom is -0.352 e. The predicted octanol–water partition coefficient (Wildman–Crippen LogP) is 1.99. The molecule has 1 saturated heterocycles. The summed E-state index contributed by atoms with van der Waals surface area (Å²) in [5.74, 6) is 1.12. The van der Waals surface area contributed by atoms with Crippen LogP contribution < -0.4 is 4.90 Å². The van der Waals surface area contributed by atoms with Crippen LogP contribution in [0.1, 0.15) is 19.8 Å². The molecular weight excluding hydrogens is 290 g/mol. The average molecular weight is 311 g/mol. The van der Waals surface area contributed by atoms with E-state index in [0.29, 0.717) is 6.42 Å². The van der Waals surface area contributed by atoms with Gasteiger partial charge in [-0.1, -0.05) is 6.92 Å². The smallest absolute Gasteiger partial charge is 0.222 e. The number of nitrogens with zero attached hydrogens (tertiary/aromatic N) is 5. The van der Waals surface area contributed by atoms with Crippen LogP contribution in [0.15, 0.2) is 36.7 Å². The highest BCUT2D eigenvalue weighted by atomic mass is 16.2. The Balaban J connectivity index is 1.62. The Morgan fingerprint density at radius 3 is 2.39 bits per heavy atom. The third-order valence-corrected chi connectivity index (χ3v) is 4.05. The van der Waals surface area contributed by atoms with Gasteiger partial charge in [0.1, 0.15) is 0 Å². The molecule has 0 aliphatic carbocycles. The van der Waals surface area contributed by atoms with E-state index < -0.39 is 0 Å². The van der Waals surface area contributed by atoms with Crippen molar-refractivity contribution in [3.8, 4) is 11.3 Å². The van der Waals surface area contributed by atoms with Crippen molar-refractivity contribution in [3.05, 3.63) is 36.7 Å². The molecule has 120 valence electrons. The lowest BCUT2D eigenvalue weighted by Gasteiger charge is -2.35. The van der Waals surface area contributed by atoms with Crippen molar-refractivity contribution in [2.45, 2.75) is 19.8 Å². The first-order chi connectivity index (χ1) is 11.3. The lowest BCUT2D eigenvalue weighted by Crippen LogP contribution is -2.49. The van der Waals surface area contributed by atoms with Crippen LogP contribution in [0.4, 0.5) is 5.82 Å². The van der Waals surface area contributed by atoms with E-state index in [1.54, 1.807) is 12.4 Å². The van der Waals surface area contributed by atoms with E-state index in [-0.39, 0.29) is 5.91 Å². The molecule has 23 heavy (non-hydrogen) atoms. The van der Waals surface area contributed by atoms with Crippen LogP contribution in [-0.2, 0) is 4.79 Å². The summed E-state index contributed by atoms with van der Waals surface area (Å²) < 4.78 is 0. The second kappa shape index (κ2) is 7.17. The number of aromatic nitrogens is 3. The van der Waals surface area contributed by atoms with Gasteiger partial charge in [-0.15, -0.1) is 10.2 Å². The molecule has 2 aromatic rings. The molecule has 1 fully saturated rings. The lowest BCUT2D eigenvalue weighted by molar-refractivity contribution is -0.131. The van der Waals surface area contributed by atoms with Crippen molar-refractivity contribution >= 4 is 11.7 Å². The van der Waals surface area contributed by atoms with Gasteiger partial charge >= 0.3 is 0 Å². The maximum Gasteiger partial charge on any atom is 0.222 e. The number of carbonyl (C=O) groups excluding carboxylic acids is 1. The number of hydrogen-bond donors (Lipinski definition) is 0. The van der Waals surface area contributed by atoms with Gasteiger partial charge in [0.2, 0.25) is 5.91 Å². The molecule has 0 atom stereocenters. The highest BCUT2D eigenvalue weighted by molar-refractivity contribution is 5.76. The summed E-state index contributed by atoms with van der Waals surface area (Å²) in [4.78, 5) is 20.0. The van der Waals surface area contributed by atoms with Crippen molar-refractivity contribution in [2.24, 2.45) is 0 Å². The number of rotatable bonds is 4. The summed E-state index contributed by atoms with van der Waals surface area (Å²) in [5, 5.41) is 8.64. The quantitative estimate of drug-likeness (QED) is 0.864. The van der Waals surface area contributed by atoms with E-state index in [4.69, 9.17) is 0 Å². The zero-order valence-corrected chi connectivity index (χ0v) is 13.4. The monoisotopic (exact) mass is 311 g/mol. The normalized spacial score (nSPS) is 14.8. The molecule has 0 spiro atoms. The molecule has 0 unspecified atom stereocenters. The average Bonchev–Trinajstić information content (AvgIpc) is 2.63. The molecule has 3 rings (SSSR count). The SMILES string of the molecule is CCCC(=O)N1CCN(c2ccc(-c3ccncc3)nn2)CC1. The van der Waals surface area contributed by atoms with Crippen LogP contribution in [0.3, 0.4) is 0 Å². The van der Waals surface area contributed by atoms with Gasteiger partial charge in [-0.2, -0.15) is 0 Å². The van der Waals surface area contributed by atoms with Crippen LogP contribution >= 0.6 is 0 Å². The fraction of sp³-hybridized carbons (Fsp3) is 0.412. The first kappa shape index (κ1) is 15.4. The molecule has 0 bridgehead atoms. The lowest BCUT2D eigenvalue weighted by atomic mass is 10.2. The molecule has 0 radical (unpaired) electrons. The van der Waals surface area contributed by atoms with E-state index in [9.17, 15) is 4.79 Å². The summed E-state index contributed by atoms with van der Waals surface area (Å²) in [5.41, 5.74) is 1.85. The Hall–Kier alpha value is -2.50. The van der Waals surface area contributed by atoms with Gasteiger partial charge in [-0.05, 0) is 30.7 Å². The van der Waals surface area contributed by atoms with Crippen LogP contribution in [0, 0.1) is 0 Å². The van der Waals surface area contributed by atoms with Gasteiger partial charge in [0.25, 0.3) is 0 Å². The van der Waals surface area contributed by atoms with E-state index in [2.05, 4.69) is 20.1 Å². The Morgan fingerprint density at radius 1 is 1.04 bits per heavy atom. The van der Waals surface area contributed by atoms with Gasteiger partial charge in [-0.25, -0.2) is 0 Å². The fourth-order valence-corrected chi connectivity index (χ4v) is 2.73. The highest BCUT2D eigenvalue weighted by Gasteiger charge is 2.21. The third kappa shape index (κ3) is 3.64. The molecule has 2 aromatic heterocycles. The van der Waals surface area contributed by atoms with Crippen molar-refractivity contribution in [1.82, 2.24) is 20.1 Å². The largest absolute Gasteiger partial charge is 0.352 e. The van der Waals surface area contributed by atoms with Crippen LogP contribution in [0.5, 0.6) is 0 Å². The summed E-state index contributed by atoms with van der Waals surface area (Å²) in [7, 11) is 0. The predicted molar refractivity (Wildman–Crippen MR) is 89.0 cm³/mol. The molecule has 0 aromatic carbocycles. The minimum atomic E-state index is 0.256. The van der Waals surface area contributed by atoms with Crippen molar-refractivity contribution < 1.29 is 4.79 Å². The molecule has 0 N–H and O–H groups in total. The molecule has 1 amide bonds. The van der Waals surface area contributed by atoms with E-state index in [1.165, 1.54) is 0 Å². The Labute approximate surface area is 136 Å². The first-order valence-corrected chi connectivity index (χ1v) is 8.05. The number of pyridine rings is 1. The maximum atomic E-state index is 11.9. The summed E-state index contributed by atoms with van der Waals surface area (Å²) in [6.07, 6.45) is 5.04. The molecule has 1 aliphatic rings. The Kier molecular flexibility index (Phi) is 4.80. The third-order valence-electron chi connectivity index (χ3n) is 4.05. The van der Waals surface area contributed by atoms with Crippen molar-refractivity contribution in [3.63, 3.8) is 0 Å². The second-order valence-corrected chi connectivity index (χ2v) is 5.63. The number of hydrogen-bond acceptors (Lipinski definition) is 5. The van der Waals surface area contributed by atoms with E-state index >= 15 is 0 Å². The number of carbonyl (C=O) groups is 1. The summed E-state index contributed by atoms with van der Waals surface area (Å²) >= 11 is 0. The molecule has 3 heterocycles. The van der Waals surface area contributed by atoms with E-state index in [1.807, 2.05) is 36.1 Å².